The molecule has 0 aliphatic carbocycles. The number of unbranched alkanes of at least 4 members (excludes halogenated alkanes) is 1. The summed E-state index contributed by atoms with van der Waals surface area (Å²) in [6.07, 6.45) is -2.39. The zero-order valence-electron chi connectivity index (χ0n) is 10.9. The van der Waals surface area contributed by atoms with E-state index in [9.17, 15) is 18.0 Å². The van der Waals surface area contributed by atoms with E-state index in [2.05, 4.69) is 4.90 Å². The Balaban J connectivity index is 2.20. The SMILES string of the molecule is NCCCCN1CCN(C(=O)NCC(F)(F)F)CC1. The monoisotopic (exact) mass is 282 g/mol. The summed E-state index contributed by atoms with van der Waals surface area (Å²) in [6.45, 7) is 2.64. The normalized spacial score (nSPS) is 17.6. The van der Waals surface area contributed by atoms with Crippen LogP contribution < -0.4 is 11.1 Å². The number of hydrogen-bond donors (Lipinski definition) is 2. The van der Waals surface area contributed by atoms with Gasteiger partial charge in [0.2, 0.25) is 0 Å². The molecule has 112 valence electrons. The average Bonchev–Trinajstić information content (AvgIpc) is 2.36. The Hall–Kier alpha value is -1.02. The molecule has 0 spiro atoms. The van der Waals surface area contributed by atoms with Gasteiger partial charge in [0.25, 0.3) is 0 Å². The second-order valence-corrected chi connectivity index (χ2v) is 4.60. The Morgan fingerprint density at radius 2 is 1.79 bits per heavy atom. The van der Waals surface area contributed by atoms with Crippen molar-refractivity contribution in [2.45, 2.75) is 19.0 Å². The number of piperazine rings is 1. The molecule has 0 aromatic carbocycles. The summed E-state index contributed by atoms with van der Waals surface area (Å²) in [5.74, 6) is 0. The molecule has 1 aliphatic heterocycles. The summed E-state index contributed by atoms with van der Waals surface area (Å²) >= 11 is 0. The van der Waals surface area contributed by atoms with Crippen LogP contribution >= 0.6 is 0 Å². The van der Waals surface area contributed by atoms with Crippen LogP contribution in [0.5, 0.6) is 0 Å². The molecule has 0 bridgehead atoms. The van der Waals surface area contributed by atoms with Gasteiger partial charge >= 0.3 is 12.2 Å². The largest absolute Gasteiger partial charge is 0.405 e. The zero-order valence-corrected chi connectivity index (χ0v) is 10.9. The van der Waals surface area contributed by atoms with Crippen molar-refractivity contribution in [3.8, 4) is 0 Å². The molecule has 5 nitrogen and oxygen atoms in total. The fraction of sp³-hybridized carbons (Fsp3) is 0.909. The first-order valence-corrected chi connectivity index (χ1v) is 6.44. The van der Waals surface area contributed by atoms with Crippen LogP contribution in [0.4, 0.5) is 18.0 Å². The van der Waals surface area contributed by atoms with Crippen LogP contribution in [0.1, 0.15) is 12.8 Å². The van der Waals surface area contributed by atoms with E-state index in [1.165, 1.54) is 4.90 Å². The third kappa shape index (κ3) is 6.63. The van der Waals surface area contributed by atoms with E-state index in [4.69, 9.17) is 5.73 Å². The minimum atomic E-state index is -4.36. The molecule has 0 atom stereocenters. The van der Waals surface area contributed by atoms with E-state index in [1.54, 1.807) is 0 Å². The lowest BCUT2D eigenvalue weighted by molar-refractivity contribution is -0.123. The van der Waals surface area contributed by atoms with Crippen molar-refractivity contribution in [3.05, 3.63) is 0 Å². The van der Waals surface area contributed by atoms with Crippen LogP contribution in [-0.4, -0.2) is 67.8 Å². The number of amides is 2. The Labute approximate surface area is 110 Å². The van der Waals surface area contributed by atoms with E-state index in [0.717, 1.165) is 19.4 Å². The van der Waals surface area contributed by atoms with Crippen molar-refractivity contribution in [3.63, 3.8) is 0 Å². The fourth-order valence-electron chi connectivity index (χ4n) is 1.94. The molecule has 2 amide bonds. The molecule has 0 aromatic rings. The molecule has 1 rings (SSSR count). The Morgan fingerprint density at radius 1 is 1.16 bits per heavy atom. The van der Waals surface area contributed by atoms with Crippen LogP contribution in [0.3, 0.4) is 0 Å². The van der Waals surface area contributed by atoms with Crippen molar-refractivity contribution < 1.29 is 18.0 Å². The Kier molecular flexibility index (Phi) is 6.36. The number of alkyl halides is 3. The highest BCUT2D eigenvalue weighted by atomic mass is 19.4. The van der Waals surface area contributed by atoms with Crippen LogP contribution in [0.25, 0.3) is 0 Å². The molecule has 1 heterocycles. The van der Waals surface area contributed by atoms with Crippen LogP contribution in [0.15, 0.2) is 0 Å². The van der Waals surface area contributed by atoms with Gasteiger partial charge in [-0.15, -0.1) is 0 Å². The van der Waals surface area contributed by atoms with Crippen LogP contribution in [0, 0.1) is 0 Å². The fourth-order valence-corrected chi connectivity index (χ4v) is 1.94. The highest BCUT2D eigenvalue weighted by Gasteiger charge is 2.29. The quantitative estimate of drug-likeness (QED) is 0.727. The molecular weight excluding hydrogens is 261 g/mol. The maximum atomic E-state index is 12.0. The second-order valence-electron chi connectivity index (χ2n) is 4.60. The summed E-state index contributed by atoms with van der Waals surface area (Å²) < 4.78 is 35.9. The van der Waals surface area contributed by atoms with Gasteiger partial charge in [0.15, 0.2) is 0 Å². The van der Waals surface area contributed by atoms with Gasteiger partial charge in [-0.05, 0) is 25.9 Å². The van der Waals surface area contributed by atoms with E-state index in [0.29, 0.717) is 32.7 Å². The summed E-state index contributed by atoms with van der Waals surface area (Å²) in [4.78, 5) is 15.1. The number of carbonyl (C=O) groups is 1. The number of nitrogens with one attached hydrogen (secondary N) is 1. The van der Waals surface area contributed by atoms with Gasteiger partial charge < -0.3 is 16.0 Å². The maximum Gasteiger partial charge on any atom is 0.405 e. The van der Waals surface area contributed by atoms with Gasteiger partial charge in [-0.2, -0.15) is 13.2 Å². The smallest absolute Gasteiger partial charge is 0.330 e. The molecular formula is C11H21F3N4O. The molecule has 0 aromatic heterocycles. The molecule has 0 unspecified atom stereocenters. The van der Waals surface area contributed by atoms with Crippen molar-refractivity contribution in [2.24, 2.45) is 5.73 Å². The first-order chi connectivity index (χ1) is 8.92. The number of rotatable bonds is 5. The van der Waals surface area contributed by atoms with Gasteiger partial charge in [-0.3, -0.25) is 4.90 Å². The Morgan fingerprint density at radius 3 is 2.32 bits per heavy atom. The molecule has 8 heteroatoms. The first-order valence-electron chi connectivity index (χ1n) is 6.44. The van der Waals surface area contributed by atoms with Crippen LogP contribution in [-0.2, 0) is 0 Å². The molecule has 0 saturated carbocycles. The molecule has 19 heavy (non-hydrogen) atoms. The standard InChI is InChI=1S/C11H21F3N4O/c12-11(13,14)9-16-10(19)18-7-5-17(6-8-18)4-2-1-3-15/h1-9,15H2,(H,16,19). The third-order valence-electron chi connectivity index (χ3n) is 3.03. The minimum absolute atomic E-state index is 0.465. The lowest BCUT2D eigenvalue weighted by Gasteiger charge is -2.34. The van der Waals surface area contributed by atoms with Gasteiger partial charge in [-0.25, -0.2) is 4.79 Å². The zero-order chi connectivity index (χ0) is 14.3. The van der Waals surface area contributed by atoms with Crippen molar-refractivity contribution in [1.29, 1.82) is 0 Å². The minimum Gasteiger partial charge on any atom is -0.330 e. The molecule has 1 aliphatic rings. The third-order valence-corrected chi connectivity index (χ3v) is 3.03. The summed E-state index contributed by atoms with van der Waals surface area (Å²) in [7, 11) is 0. The number of nitrogens with two attached hydrogens (primary N) is 1. The van der Waals surface area contributed by atoms with Gasteiger partial charge in [0, 0.05) is 26.2 Å². The van der Waals surface area contributed by atoms with E-state index >= 15 is 0 Å². The summed E-state index contributed by atoms with van der Waals surface area (Å²) in [5, 5.41) is 1.89. The van der Waals surface area contributed by atoms with Crippen molar-refractivity contribution in [1.82, 2.24) is 15.1 Å². The lowest BCUT2D eigenvalue weighted by atomic mass is 10.2. The number of nitrogens with zero attached hydrogens (tertiary/aromatic N) is 2. The van der Waals surface area contributed by atoms with Crippen molar-refractivity contribution >= 4 is 6.03 Å². The summed E-state index contributed by atoms with van der Waals surface area (Å²) in [6, 6.07) is -0.640. The van der Waals surface area contributed by atoms with E-state index < -0.39 is 18.8 Å². The highest BCUT2D eigenvalue weighted by Crippen LogP contribution is 2.12. The number of urea groups is 1. The molecule has 1 saturated heterocycles. The van der Waals surface area contributed by atoms with Crippen molar-refractivity contribution in [2.75, 3.05) is 45.8 Å². The predicted octanol–water partition coefficient (Wildman–Crippen LogP) is 0.615. The predicted molar refractivity (Wildman–Crippen MR) is 65.8 cm³/mol. The first kappa shape index (κ1) is 16.0. The highest BCUT2D eigenvalue weighted by molar-refractivity contribution is 5.74. The Bertz CT molecular complexity index is 278. The summed E-state index contributed by atoms with van der Waals surface area (Å²) in [5.41, 5.74) is 5.40. The van der Waals surface area contributed by atoms with E-state index in [1.807, 2.05) is 5.32 Å². The maximum absolute atomic E-state index is 12.0. The van der Waals surface area contributed by atoms with Gasteiger partial charge in [0.05, 0.1) is 0 Å². The number of hydrogen-bond acceptors (Lipinski definition) is 3. The lowest BCUT2D eigenvalue weighted by Crippen LogP contribution is -2.52. The topological polar surface area (TPSA) is 61.6 Å². The van der Waals surface area contributed by atoms with Gasteiger partial charge in [-0.1, -0.05) is 0 Å². The molecule has 3 N–H and O–H groups in total. The van der Waals surface area contributed by atoms with E-state index in [-0.39, 0.29) is 0 Å². The number of halogens is 3. The molecule has 0 radical (unpaired) electrons. The van der Waals surface area contributed by atoms with Gasteiger partial charge in [0.1, 0.15) is 6.54 Å². The molecule has 1 fully saturated rings. The second kappa shape index (κ2) is 7.54. The van der Waals surface area contributed by atoms with Crippen LogP contribution in [0.2, 0.25) is 0 Å². The average molecular weight is 282 g/mol. The number of carbonyl (C=O) groups excluding carboxylic acids is 1.